The first kappa shape index (κ1) is 14.6. The molecule has 0 bridgehead atoms. The summed E-state index contributed by atoms with van der Waals surface area (Å²) in [6.45, 7) is 4.22. The van der Waals surface area contributed by atoms with Crippen molar-refractivity contribution in [2.75, 3.05) is 25.4 Å². The molecule has 1 fully saturated rings. The van der Waals surface area contributed by atoms with E-state index in [1.54, 1.807) is 0 Å². The minimum absolute atomic E-state index is 0.0542. The summed E-state index contributed by atoms with van der Waals surface area (Å²) in [7, 11) is -1.06. The average molecular weight is 260 g/mol. The van der Waals surface area contributed by atoms with Gasteiger partial charge in [0.1, 0.15) is 5.75 Å². The van der Waals surface area contributed by atoms with Crippen LogP contribution in [0.5, 0.6) is 0 Å². The first-order valence-corrected chi connectivity index (χ1v) is 7.92. The summed E-state index contributed by atoms with van der Waals surface area (Å²) in [6.07, 6.45) is 4.95. The summed E-state index contributed by atoms with van der Waals surface area (Å²) in [5.74, 6) is 0.233. The van der Waals surface area contributed by atoms with Crippen molar-refractivity contribution in [1.29, 1.82) is 0 Å². The molecule has 0 radical (unpaired) electrons. The van der Waals surface area contributed by atoms with Crippen molar-refractivity contribution in [1.82, 2.24) is 4.90 Å². The van der Waals surface area contributed by atoms with E-state index in [-0.39, 0.29) is 16.9 Å². The molecule has 0 aromatic carbocycles. The van der Waals surface area contributed by atoms with Gasteiger partial charge in [-0.05, 0) is 38.6 Å². The highest BCUT2D eigenvalue weighted by atomic mass is 32.2. The molecule has 1 amide bonds. The molecule has 2 atom stereocenters. The Morgan fingerprint density at radius 3 is 2.53 bits per heavy atom. The lowest BCUT2D eigenvalue weighted by molar-refractivity contribution is -0.129. The fourth-order valence-electron chi connectivity index (χ4n) is 2.18. The van der Waals surface area contributed by atoms with Crippen LogP contribution in [0.3, 0.4) is 0 Å². The fourth-order valence-corrected chi connectivity index (χ4v) is 3.61. The van der Waals surface area contributed by atoms with E-state index < -0.39 is 10.8 Å². The minimum Gasteiger partial charge on any atom is -0.342 e. The van der Waals surface area contributed by atoms with Crippen LogP contribution < -0.4 is 5.73 Å². The van der Waals surface area contributed by atoms with Crippen molar-refractivity contribution in [3.05, 3.63) is 0 Å². The van der Waals surface area contributed by atoms with Gasteiger partial charge in [-0.25, -0.2) is 0 Å². The van der Waals surface area contributed by atoms with Crippen LogP contribution in [0.25, 0.3) is 0 Å². The van der Waals surface area contributed by atoms with Crippen molar-refractivity contribution >= 4 is 16.7 Å². The summed E-state index contributed by atoms with van der Waals surface area (Å²) in [4.78, 5) is 13.8. The van der Waals surface area contributed by atoms with Gasteiger partial charge < -0.3 is 10.6 Å². The smallest absolute Gasteiger partial charge is 0.235 e. The van der Waals surface area contributed by atoms with Gasteiger partial charge in [0.25, 0.3) is 0 Å². The van der Waals surface area contributed by atoms with E-state index in [0.29, 0.717) is 6.54 Å². The molecule has 2 unspecified atom stereocenters. The van der Waals surface area contributed by atoms with E-state index in [4.69, 9.17) is 5.73 Å². The van der Waals surface area contributed by atoms with Crippen LogP contribution in [0, 0.1) is 0 Å². The van der Waals surface area contributed by atoms with E-state index >= 15 is 0 Å². The van der Waals surface area contributed by atoms with Gasteiger partial charge in [-0.15, -0.1) is 0 Å². The van der Waals surface area contributed by atoms with Crippen LogP contribution in [0.1, 0.15) is 39.0 Å². The molecule has 2 N–H and O–H groups in total. The van der Waals surface area contributed by atoms with Gasteiger partial charge in [-0.3, -0.25) is 9.00 Å². The molecule has 1 aliphatic heterocycles. The molecule has 0 aliphatic carbocycles. The zero-order valence-corrected chi connectivity index (χ0v) is 11.5. The number of nitrogens with two attached hydrogens (primary N) is 1. The van der Waals surface area contributed by atoms with Gasteiger partial charge >= 0.3 is 0 Å². The molecule has 17 heavy (non-hydrogen) atoms. The van der Waals surface area contributed by atoms with Crippen LogP contribution in [0.15, 0.2) is 0 Å². The second kappa shape index (κ2) is 7.82. The number of carbonyl (C=O) groups is 1. The second-order valence-corrected chi connectivity index (χ2v) is 6.29. The zero-order chi connectivity index (χ0) is 12.7. The number of carbonyl (C=O) groups excluding carboxylic acids is 1. The first-order chi connectivity index (χ1) is 8.19. The van der Waals surface area contributed by atoms with Crippen molar-refractivity contribution in [2.24, 2.45) is 5.73 Å². The molecule has 0 saturated carbocycles. The predicted molar refractivity (Wildman–Crippen MR) is 71.2 cm³/mol. The number of hydrogen-bond donors (Lipinski definition) is 1. The average Bonchev–Trinajstić information content (AvgIpc) is 2.36. The molecule has 1 rings (SSSR count). The lowest BCUT2D eigenvalue weighted by Gasteiger charge is -2.27. The van der Waals surface area contributed by atoms with Gasteiger partial charge in [0.2, 0.25) is 5.91 Å². The van der Waals surface area contributed by atoms with Gasteiger partial charge in [-0.2, -0.15) is 0 Å². The van der Waals surface area contributed by atoms with E-state index in [1.165, 1.54) is 6.42 Å². The van der Waals surface area contributed by atoms with E-state index in [9.17, 15) is 9.00 Å². The summed E-state index contributed by atoms with van der Waals surface area (Å²) in [5.41, 5.74) is 5.49. The standard InChI is InChI=1S/C12H24N2O2S/c1-2-11(6-7-13)17(16)10-12(15)14-8-4-3-5-9-14/h11H,2-10,13H2,1H3. The molecule has 1 aliphatic rings. The molecule has 1 saturated heterocycles. The predicted octanol–water partition coefficient (Wildman–Crippen LogP) is 0.875. The zero-order valence-electron chi connectivity index (χ0n) is 10.7. The number of hydrogen-bond acceptors (Lipinski definition) is 3. The SMILES string of the molecule is CCC(CCN)S(=O)CC(=O)N1CCCCC1. The Kier molecular flexibility index (Phi) is 6.73. The Bertz CT molecular complexity index is 250. The molecular weight excluding hydrogens is 236 g/mol. The molecule has 100 valence electrons. The molecule has 1 heterocycles. The Hall–Kier alpha value is -0.420. The summed E-state index contributed by atoms with van der Waals surface area (Å²) in [5, 5.41) is 0.0775. The highest BCUT2D eigenvalue weighted by Crippen LogP contribution is 2.11. The highest BCUT2D eigenvalue weighted by Gasteiger charge is 2.22. The molecule has 4 nitrogen and oxygen atoms in total. The van der Waals surface area contributed by atoms with Crippen molar-refractivity contribution < 1.29 is 9.00 Å². The molecule has 5 heteroatoms. The van der Waals surface area contributed by atoms with Gasteiger partial charge in [0.05, 0.1) is 0 Å². The lowest BCUT2D eigenvalue weighted by Crippen LogP contribution is -2.39. The highest BCUT2D eigenvalue weighted by molar-refractivity contribution is 7.86. The number of rotatable bonds is 6. The first-order valence-electron chi connectivity index (χ1n) is 6.54. The third-order valence-electron chi connectivity index (χ3n) is 3.29. The number of likely N-dealkylation sites (tertiary alicyclic amines) is 1. The second-order valence-electron chi connectivity index (χ2n) is 4.57. The topological polar surface area (TPSA) is 63.4 Å². The van der Waals surface area contributed by atoms with E-state index in [1.807, 2.05) is 11.8 Å². The Balaban J connectivity index is 2.40. The Morgan fingerprint density at radius 2 is 2.00 bits per heavy atom. The quantitative estimate of drug-likeness (QED) is 0.771. The van der Waals surface area contributed by atoms with Crippen LogP contribution in [0.2, 0.25) is 0 Å². The molecule has 0 aromatic rings. The van der Waals surface area contributed by atoms with Crippen LogP contribution in [0.4, 0.5) is 0 Å². The van der Waals surface area contributed by atoms with Crippen molar-refractivity contribution in [3.8, 4) is 0 Å². The molecular formula is C12H24N2O2S. The third-order valence-corrected chi connectivity index (χ3v) is 5.13. The Labute approximate surface area is 106 Å². The summed E-state index contributed by atoms with van der Waals surface area (Å²) < 4.78 is 12.0. The summed E-state index contributed by atoms with van der Waals surface area (Å²) >= 11 is 0. The maximum atomic E-state index is 12.0. The van der Waals surface area contributed by atoms with E-state index in [2.05, 4.69) is 0 Å². The molecule has 0 spiro atoms. The van der Waals surface area contributed by atoms with Crippen molar-refractivity contribution in [3.63, 3.8) is 0 Å². The number of amides is 1. The van der Waals surface area contributed by atoms with Crippen LogP contribution in [-0.2, 0) is 15.6 Å². The van der Waals surface area contributed by atoms with Gasteiger partial charge in [0, 0.05) is 29.1 Å². The van der Waals surface area contributed by atoms with Gasteiger partial charge in [-0.1, -0.05) is 6.92 Å². The van der Waals surface area contributed by atoms with E-state index in [0.717, 1.165) is 38.8 Å². The summed E-state index contributed by atoms with van der Waals surface area (Å²) in [6, 6.07) is 0. The fraction of sp³-hybridized carbons (Fsp3) is 0.917. The minimum atomic E-state index is -1.06. The number of piperidine rings is 1. The maximum absolute atomic E-state index is 12.0. The normalized spacial score (nSPS) is 20.0. The van der Waals surface area contributed by atoms with Crippen LogP contribution in [-0.4, -0.2) is 45.7 Å². The third kappa shape index (κ3) is 4.76. The van der Waals surface area contributed by atoms with Crippen LogP contribution >= 0.6 is 0 Å². The largest absolute Gasteiger partial charge is 0.342 e. The Morgan fingerprint density at radius 1 is 1.35 bits per heavy atom. The maximum Gasteiger partial charge on any atom is 0.235 e. The van der Waals surface area contributed by atoms with Crippen molar-refractivity contribution in [2.45, 2.75) is 44.3 Å². The number of nitrogens with zero attached hydrogens (tertiary/aromatic N) is 1. The monoisotopic (exact) mass is 260 g/mol. The molecule has 0 aromatic heterocycles. The van der Waals surface area contributed by atoms with Gasteiger partial charge in [0.15, 0.2) is 0 Å². The lowest BCUT2D eigenvalue weighted by atomic mass is 10.1.